The van der Waals surface area contributed by atoms with Crippen molar-refractivity contribution in [3.8, 4) is 0 Å². The molecule has 1 fully saturated rings. The highest BCUT2D eigenvalue weighted by Crippen LogP contribution is 2.29. The van der Waals surface area contributed by atoms with Crippen molar-refractivity contribution in [1.82, 2.24) is 9.55 Å². The van der Waals surface area contributed by atoms with Crippen molar-refractivity contribution in [2.24, 2.45) is 5.92 Å². The highest BCUT2D eigenvalue weighted by Gasteiger charge is 2.24. The molecule has 3 nitrogen and oxygen atoms in total. The molecule has 4 heteroatoms. The van der Waals surface area contributed by atoms with Crippen LogP contribution in [0, 0.1) is 5.92 Å². The minimum atomic E-state index is -0.324. The second-order valence-electron chi connectivity index (χ2n) is 4.84. The fraction of sp³-hybridized carbons (Fsp3) is 0.750. The summed E-state index contributed by atoms with van der Waals surface area (Å²) in [5.74, 6) is 4.43. The number of aromatic nitrogens is 2. The molecule has 0 saturated carbocycles. The molecule has 16 heavy (non-hydrogen) atoms. The van der Waals surface area contributed by atoms with E-state index in [1.807, 2.05) is 18.0 Å². The molecule has 2 atom stereocenters. The van der Waals surface area contributed by atoms with E-state index in [0.717, 1.165) is 37.4 Å². The number of hydrogen-bond donors (Lipinski definition) is 1. The summed E-state index contributed by atoms with van der Waals surface area (Å²) in [5, 5.41) is 10.0. The molecule has 3 heterocycles. The second-order valence-corrected chi connectivity index (χ2v) is 5.99. The third-order valence-electron chi connectivity index (χ3n) is 3.64. The predicted molar refractivity (Wildman–Crippen MR) is 65.6 cm³/mol. The zero-order valence-electron chi connectivity index (χ0n) is 9.43. The van der Waals surface area contributed by atoms with Crippen LogP contribution in [0.4, 0.5) is 0 Å². The fourth-order valence-electron chi connectivity index (χ4n) is 2.74. The standard InChI is InChI=1S/C12H18N2OS/c15-12-3-1-2-10-7-13-11(14(10)12)6-9-4-5-16-8-9/h7,9,12,15H,1-6,8H2. The average molecular weight is 238 g/mol. The number of imidazole rings is 1. The Morgan fingerprint density at radius 3 is 3.25 bits per heavy atom. The first-order valence-electron chi connectivity index (χ1n) is 6.15. The van der Waals surface area contributed by atoms with Crippen LogP contribution >= 0.6 is 11.8 Å². The minimum Gasteiger partial charge on any atom is -0.373 e. The first-order chi connectivity index (χ1) is 7.84. The summed E-state index contributed by atoms with van der Waals surface area (Å²) in [6, 6.07) is 0. The van der Waals surface area contributed by atoms with Crippen LogP contribution in [-0.4, -0.2) is 26.2 Å². The molecule has 0 aliphatic carbocycles. The molecule has 88 valence electrons. The van der Waals surface area contributed by atoms with E-state index < -0.39 is 0 Å². The zero-order chi connectivity index (χ0) is 11.0. The summed E-state index contributed by atoms with van der Waals surface area (Å²) in [5.41, 5.74) is 1.22. The molecule has 0 radical (unpaired) electrons. The Labute approximate surface area is 100 Å². The third-order valence-corrected chi connectivity index (χ3v) is 4.87. The molecule has 0 spiro atoms. The number of aliphatic hydroxyl groups excluding tert-OH is 1. The number of aryl methyl sites for hydroxylation is 1. The lowest BCUT2D eigenvalue weighted by Gasteiger charge is -2.23. The van der Waals surface area contributed by atoms with Crippen LogP contribution < -0.4 is 0 Å². The van der Waals surface area contributed by atoms with Crippen LogP contribution in [0.2, 0.25) is 0 Å². The SMILES string of the molecule is OC1CCCc2cnc(CC3CCSC3)n21. The van der Waals surface area contributed by atoms with Crippen molar-refractivity contribution >= 4 is 11.8 Å². The highest BCUT2D eigenvalue weighted by molar-refractivity contribution is 7.99. The Kier molecular flexibility index (Phi) is 2.94. The van der Waals surface area contributed by atoms with Gasteiger partial charge in [0, 0.05) is 18.3 Å². The number of hydrogen-bond acceptors (Lipinski definition) is 3. The van der Waals surface area contributed by atoms with Gasteiger partial charge in [-0.2, -0.15) is 11.8 Å². The van der Waals surface area contributed by atoms with Gasteiger partial charge in [-0.25, -0.2) is 4.98 Å². The molecule has 1 saturated heterocycles. The number of nitrogens with zero attached hydrogens (tertiary/aromatic N) is 2. The van der Waals surface area contributed by atoms with Crippen molar-refractivity contribution in [3.05, 3.63) is 17.7 Å². The van der Waals surface area contributed by atoms with Gasteiger partial charge in [-0.1, -0.05) is 0 Å². The lowest BCUT2D eigenvalue weighted by molar-refractivity contribution is 0.0753. The summed E-state index contributed by atoms with van der Waals surface area (Å²) in [4.78, 5) is 4.51. The summed E-state index contributed by atoms with van der Waals surface area (Å²) in [6.07, 6.45) is 7.03. The molecular weight excluding hydrogens is 220 g/mol. The van der Waals surface area contributed by atoms with Gasteiger partial charge in [-0.05, 0) is 43.1 Å². The van der Waals surface area contributed by atoms with Crippen molar-refractivity contribution in [2.45, 2.75) is 38.3 Å². The van der Waals surface area contributed by atoms with Gasteiger partial charge in [0.2, 0.25) is 0 Å². The Morgan fingerprint density at radius 1 is 1.50 bits per heavy atom. The largest absolute Gasteiger partial charge is 0.373 e. The van der Waals surface area contributed by atoms with Gasteiger partial charge in [-0.3, -0.25) is 0 Å². The Morgan fingerprint density at radius 2 is 2.44 bits per heavy atom. The van der Waals surface area contributed by atoms with E-state index in [1.54, 1.807) is 0 Å². The van der Waals surface area contributed by atoms with Crippen molar-refractivity contribution < 1.29 is 5.11 Å². The fourth-order valence-corrected chi connectivity index (χ4v) is 4.02. The summed E-state index contributed by atoms with van der Waals surface area (Å²) < 4.78 is 2.08. The van der Waals surface area contributed by atoms with Gasteiger partial charge in [0.25, 0.3) is 0 Å². The van der Waals surface area contributed by atoms with Crippen LogP contribution in [0.15, 0.2) is 6.20 Å². The molecule has 0 aromatic carbocycles. The molecule has 2 aliphatic heterocycles. The lowest BCUT2D eigenvalue weighted by Crippen LogP contribution is -2.20. The highest BCUT2D eigenvalue weighted by atomic mass is 32.2. The van der Waals surface area contributed by atoms with Crippen molar-refractivity contribution in [2.75, 3.05) is 11.5 Å². The van der Waals surface area contributed by atoms with Crippen molar-refractivity contribution in [1.29, 1.82) is 0 Å². The van der Waals surface area contributed by atoms with Gasteiger partial charge in [0.05, 0.1) is 0 Å². The van der Waals surface area contributed by atoms with Gasteiger partial charge in [0.1, 0.15) is 12.1 Å². The normalized spacial score (nSPS) is 29.3. The first kappa shape index (κ1) is 10.7. The zero-order valence-corrected chi connectivity index (χ0v) is 10.2. The maximum absolute atomic E-state index is 10.0. The molecule has 1 N–H and O–H groups in total. The minimum absolute atomic E-state index is 0.324. The van der Waals surface area contributed by atoms with E-state index in [4.69, 9.17) is 0 Å². The summed E-state index contributed by atoms with van der Waals surface area (Å²) in [6.45, 7) is 0. The van der Waals surface area contributed by atoms with Gasteiger partial charge in [-0.15, -0.1) is 0 Å². The molecule has 0 bridgehead atoms. The molecule has 3 rings (SSSR count). The third kappa shape index (κ3) is 1.89. The Bertz CT molecular complexity index is 371. The van der Waals surface area contributed by atoms with E-state index in [1.165, 1.54) is 23.6 Å². The second kappa shape index (κ2) is 4.41. The molecule has 1 aromatic heterocycles. The summed E-state index contributed by atoms with van der Waals surface area (Å²) >= 11 is 2.04. The Balaban J connectivity index is 1.81. The van der Waals surface area contributed by atoms with Gasteiger partial charge < -0.3 is 9.67 Å². The van der Waals surface area contributed by atoms with E-state index in [9.17, 15) is 5.11 Å². The molecule has 1 aromatic rings. The maximum atomic E-state index is 10.0. The Hall–Kier alpha value is -0.480. The number of aliphatic hydroxyl groups is 1. The molecular formula is C12H18N2OS. The molecule has 2 unspecified atom stereocenters. The smallest absolute Gasteiger partial charge is 0.132 e. The average Bonchev–Trinajstić information content (AvgIpc) is 2.90. The molecule has 2 aliphatic rings. The maximum Gasteiger partial charge on any atom is 0.132 e. The van der Waals surface area contributed by atoms with Gasteiger partial charge >= 0.3 is 0 Å². The number of fused-ring (bicyclic) bond motifs is 1. The van der Waals surface area contributed by atoms with E-state index in [0.29, 0.717) is 0 Å². The number of rotatable bonds is 2. The monoisotopic (exact) mass is 238 g/mol. The lowest BCUT2D eigenvalue weighted by atomic mass is 10.0. The number of thioether (sulfide) groups is 1. The predicted octanol–water partition coefficient (Wildman–Crippen LogP) is 2.01. The van der Waals surface area contributed by atoms with Crippen LogP contribution in [0.3, 0.4) is 0 Å². The van der Waals surface area contributed by atoms with Crippen LogP contribution in [0.25, 0.3) is 0 Å². The summed E-state index contributed by atoms with van der Waals surface area (Å²) in [7, 11) is 0. The van der Waals surface area contributed by atoms with E-state index >= 15 is 0 Å². The van der Waals surface area contributed by atoms with Crippen molar-refractivity contribution in [3.63, 3.8) is 0 Å². The molecule has 0 amide bonds. The van der Waals surface area contributed by atoms with Crippen LogP contribution in [0.1, 0.15) is 37.0 Å². The first-order valence-corrected chi connectivity index (χ1v) is 7.31. The quantitative estimate of drug-likeness (QED) is 0.856. The van der Waals surface area contributed by atoms with E-state index in [-0.39, 0.29) is 6.23 Å². The van der Waals surface area contributed by atoms with Crippen LogP contribution in [0.5, 0.6) is 0 Å². The van der Waals surface area contributed by atoms with Crippen LogP contribution in [-0.2, 0) is 12.8 Å². The topological polar surface area (TPSA) is 38.1 Å². The van der Waals surface area contributed by atoms with E-state index in [2.05, 4.69) is 9.55 Å². The van der Waals surface area contributed by atoms with Gasteiger partial charge in [0.15, 0.2) is 0 Å².